The van der Waals surface area contributed by atoms with Crippen LogP contribution in [0.5, 0.6) is 5.75 Å². The number of hydrogen-bond acceptors (Lipinski definition) is 2. The molecule has 2 rings (SSSR count). The molecule has 0 aliphatic carbocycles. The Balaban J connectivity index is 2.36. The topological polar surface area (TPSA) is 35.2 Å². The maximum atomic E-state index is 6.16. The summed E-state index contributed by atoms with van der Waals surface area (Å²) >= 11 is 0. The van der Waals surface area contributed by atoms with Gasteiger partial charge in [0.25, 0.3) is 0 Å². The van der Waals surface area contributed by atoms with E-state index in [1.54, 1.807) is 0 Å². The number of hydrogen-bond donors (Lipinski definition) is 1. The zero-order valence-electron chi connectivity index (χ0n) is 12.6. The van der Waals surface area contributed by atoms with Gasteiger partial charge in [0.1, 0.15) is 5.75 Å². The second-order valence-electron chi connectivity index (χ2n) is 5.34. The van der Waals surface area contributed by atoms with Crippen LogP contribution < -0.4 is 10.5 Å². The highest BCUT2D eigenvalue weighted by molar-refractivity contribution is 5.87. The van der Waals surface area contributed by atoms with Crippen molar-refractivity contribution in [1.82, 2.24) is 0 Å². The molecule has 0 saturated carbocycles. The SMILES string of the molecule is CCCCOc1ccc2ccccc2c1CC(N)CC. The number of ether oxygens (including phenoxy) is 1. The molecule has 2 aromatic rings. The van der Waals surface area contributed by atoms with Crippen LogP contribution in [0.1, 0.15) is 38.7 Å². The Morgan fingerprint density at radius 2 is 1.90 bits per heavy atom. The fourth-order valence-corrected chi connectivity index (χ4v) is 2.39. The van der Waals surface area contributed by atoms with Gasteiger partial charge in [-0.15, -0.1) is 0 Å². The molecule has 1 unspecified atom stereocenters. The lowest BCUT2D eigenvalue weighted by molar-refractivity contribution is 0.306. The number of fused-ring (bicyclic) bond motifs is 1. The van der Waals surface area contributed by atoms with Crippen molar-refractivity contribution in [2.75, 3.05) is 6.61 Å². The van der Waals surface area contributed by atoms with Crippen molar-refractivity contribution in [2.24, 2.45) is 5.73 Å². The van der Waals surface area contributed by atoms with Gasteiger partial charge in [-0.3, -0.25) is 0 Å². The maximum absolute atomic E-state index is 6.16. The first-order chi connectivity index (χ1) is 9.76. The van der Waals surface area contributed by atoms with Crippen molar-refractivity contribution in [1.29, 1.82) is 0 Å². The quantitative estimate of drug-likeness (QED) is 0.762. The van der Waals surface area contributed by atoms with Gasteiger partial charge in [0.05, 0.1) is 6.61 Å². The molecule has 1 atom stereocenters. The van der Waals surface area contributed by atoms with E-state index in [-0.39, 0.29) is 6.04 Å². The summed E-state index contributed by atoms with van der Waals surface area (Å²) in [5.41, 5.74) is 7.42. The zero-order chi connectivity index (χ0) is 14.4. The molecule has 0 aliphatic rings. The molecule has 0 fully saturated rings. The lowest BCUT2D eigenvalue weighted by Gasteiger charge is -2.17. The van der Waals surface area contributed by atoms with Gasteiger partial charge < -0.3 is 10.5 Å². The van der Waals surface area contributed by atoms with Crippen molar-refractivity contribution in [2.45, 2.75) is 45.6 Å². The predicted octanol–water partition coefficient (Wildman–Crippen LogP) is 4.30. The number of nitrogens with two attached hydrogens (primary N) is 1. The molecule has 2 aromatic carbocycles. The van der Waals surface area contributed by atoms with Crippen LogP contribution in [0.4, 0.5) is 0 Å². The van der Waals surface area contributed by atoms with Crippen molar-refractivity contribution < 1.29 is 4.74 Å². The summed E-state index contributed by atoms with van der Waals surface area (Å²) in [6.45, 7) is 5.09. The smallest absolute Gasteiger partial charge is 0.123 e. The number of benzene rings is 2. The van der Waals surface area contributed by atoms with E-state index < -0.39 is 0 Å². The molecule has 0 bridgehead atoms. The van der Waals surface area contributed by atoms with E-state index in [0.29, 0.717) is 0 Å². The fraction of sp³-hybridized carbons (Fsp3) is 0.444. The van der Waals surface area contributed by atoms with Gasteiger partial charge in [-0.2, -0.15) is 0 Å². The van der Waals surface area contributed by atoms with Crippen molar-refractivity contribution in [3.05, 3.63) is 42.0 Å². The molecule has 108 valence electrons. The third-order valence-electron chi connectivity index (χ3n) is 3.74. The second kappa shape index (κ2) is 7.30. The standard InChI is InChI=1S/C18H25NO/c1-3-5-12-20-18-11-10-14-8-6-7-9-16(14)17(18)13-15(19)4-2/h6-11,15H,3-5,12-13,19H2,1-2H3. The van der Waals surface area contributed by atoms with Crippen molar-refractivity contribution in [3.8, 4) is 5.75 Å². The highest BCUT2D eigenvalue weighted by Crippen LogP contribution is 2.29. The molecule has 20 heavy (non-hydrogen) atoms. The second-order valence-corrected chi connectivity index (χ2v) is 5.34. The normalized spacial score (nSPS) is 12.6. The average Bonchev–Trinajstić information content (AvgIpc) is 2.49. The molecule has 0 radical (unpaired) electrons. The Morgan fingerprint density at radius 3 is 2.65 bits per heavy atom. The third-order valence-corrected chi connectivity index (χ3v) is 3.74. The summed E-state index contributed by atoms with van der Waals surface area (Å²) in [6.07, 6.45) is 4.10. The summed E-state index contributed by atoms with van der Waals surface area (Å²) in [7, 11) is 0. The summed E-state index contributed by atoms with van der Waals surface area (Å²) < 4.78 is 5.98. The lowest BCUT2D eigenvalue weighted by Crippen LogP contribution is -2.22. The van der Waals surface area contributed by atoms with E-state index >= 15 is 0 Å². The number of unbranched alkanes of at least 4 members (excludes halogenated alkanes) is 1. The summed E-state index contributed by atoms with van der Waals surface area (Å²) in [4.78, 5) is 0. The first-order valence-corrected chi connectivity index (χ1v) is 7.65. The van der Waals surface area contributed by atoms with E-state index in [1.807, 2.05) is 0 Å². The first kappa shape index (κ1) is 14.9. The molecule has 0 aliphatic heterocycles. The van der Waals surface area contributed by atoms with Gasteiger partial charge >= 0.3 is 0 Å². The minimum Gasteiger partial charge on any atom is -0.493 e. The van der Waals surface area contributed by atoms with E-state index in [4.69, 9.17) is 10.5 Å². The highest BCUT2D eigenvalue weighted by atomic mass is 16.5. The van der Waals surface area contributed by atoms with Gasteiger partial charge in [-0.25, -0.2) is 0 Å². The van der Waals surface area contributed by atoms with E-state index in [1.165, 1.54) is 16.3 Å². The van der Waals surface area contributed by atoms with Crippen LogP contribution in [0.2, 0.25) is 0 Å². The first-order valence-electron chi connectivity index (χ1n) is 7.65. The minimum atomic E-state index is 0.189. The van der Waals surface area contributed by atoms with Crippen molar-refractivity contribution in [3.63, 3.8) is 0 Å². The molecule has 0 saturated heterocycles. The van der Waals surface area contributed by atoms with Crippen LogP contribution >= 0.6 is 0 Å². The van der Waals surface area contributed by atoms with Gasteiger partial charge in [-0.05, 0) is 36.1 Å². The average molecular weight is 271 g/mol. The molecular formula is C18H25NO. The highest BCUT2D eigenvalue weighted by Gasteiger charge is 2.12. The Hall–Kier alpha value is -1.54. The molecule has 0 heterocycles. The Bertz CT molecular complexity index is 550. The fourth-order valence-electron chi connectivity index (χ4n) is 2.39. The predicted molar refractivity (Wildman–Crippen MR) is 86.3 cm³/mol. The van der Waals surface area contributed by atoms with E-state index in [2.05, 4.69) is 50.2 Å². The molecule has 2 heteroatoms. The molecular weight excluding hydrogens is 246 g/mol. The Kier molecular flexibility index (Phi) is 5.42. The molecule has 0 spiro atoms. The van der Waals surface area contributed by atoms with Gasteiger partial charge in [0, 0.05) is 11.6 Å². The lowest BCUT2D eigenvalue weighted by atomic mass is 9.97. The summed E-state index contributed by atoms with van der Waals surface area (Å²) in [6, 6.07) is 12.9. The minimum absolute atomic E-state index is 0.189. The van der Waals surface area contributed by atoms with Crippen LogP contribution in [-0.4, -0.2) is 12.6 Å². The Morgan fingerprint density at radius 1 is 1.10 bits per heavy atom. The van der Waals surface area contributed by atoms with Crippen LogP contribution in [0.15, 0.2) is 36.4 Å². The molecule has 2 nitrogen and oxygen atoms in total. The Labute approximate surface area is 121 Å². The van der Waals surface area contributed by atoms with Gasteiger partial charge in [0.2, 0.25) is 0 Å². The van der Waals surface area contributed by atoms with Crippen LogP contribution in [0.25, 0.3) is 10.8 Å². The van der Waals surface area contributed by atoms with Crippen molar-refractivity contribution >= 4 is 10.8 Å². The summed E-state index contributed by atoms with van der Waals surface area (Å²) in [5.74, 6) is 1.00. The van der Waals surface area contributed by atoms with Crippen LogP contribution in [-0.2, 0) is 6.42 Å². The van der Waals surface area contributed by atoms with Crippen LogP contribution in [0.3, 0.4) is 0 Å². The molecule has 0 aromatic heterocycles. The maximum Gasteiger partial charge on any atom is 0.123 e. The van der Waals surface area contributed by atoms with E-state index in [9.17, 15) is 0 Å². The largest absolute Gasteiger partial charge is 0.493 e. The molecule has 0 amide bonds. The summed E-state index contributed by atoms with van der Waals surface area (Å²) in [5, 5.41) is 2.53. The number of rotatable bonds is 7. The van der Waals surface area contributed by atoms with Gasteiger partial charge in [0.15, 0.2) is 0 Å². The monoisotopic (exact) mass is 271 g/mol. The molecule has 2 N–H and O–H groups in total. The van der Waals surface area contributed by atoms with Gasteiger partial charge in [-0.1, -0.05) is 50.6 Å². The zero-order valence-corrected chi connectivity index (χ0v) is 12.6. The van der Waals surface area contributed by atoms with E-state index in [0.717, 1.165) is 38.0 Å². The third kappa shape index (κ3) is 3.51. The van der Waals surface area contributed by atoms with Crippen LogP contribution in [0, 0.1) is 0 Å².